The number of nitrogens with zero attached hydrogens (tertiary/aromatic N) is 1. The summed E-state index contributed by atoms with van der Waals surface area (Å²) in [7, 11) is 0. The van der Waals surface area contributed by atoms with Gasteiger partial charge in [-0.05, 0) is 0 Å². The number of aryl methyl sites for hydroxylation is 2. The van der Waals surface area contributed by atoms with Crippen LogP contribution in [0.15, 0.2) is 41.4 Å². The number of esters is 1. The van der Waals surface area contributed by atoms with E-state index in [1.807, 2.05) is 19.9 Å². The molecule has 0 aromatic heterocycles. The zero-order valence-electron chi connectivity index (χ0n) is 16.4. The third kappa shape index (κ3) is 6.45. The van der Waals surface area contributed by atoms with Crippen molar-refractivity contribution in [1.82, 2.24) is 0 Å². The van der Waals surface area contributed by atoms with Gasteiger partial charge in [0.05, 0.1) is 0 Å². The van der Waals surface area contributed by atoms with Crippen molar-refractivity contribution >= 4 is 31.3 Å². The molecule has 0 bridgehead atoms. The first kappa shape index (κ1) is 22.1. The van der Waals surface area contributed by atoms with Crippen LogP contribution < -0.4 is 4.74 Å². The van der Waals surface area contributed by atoms with Gasteiger partial charge in [0, 0.05) is 0 Å². The molecule has 0 saturated heterocycles. The summed E-state index contributed by atoms with van der Waals surface area (Å²) in [5.74, 6) is -0.367. The van der Waals surface area contributed by atoms with Gasteiger partial charge in [-0.3, -0.25) is 0 Å². The molecule has 1 unspecified atom stereocenters. The molecular formula is C21H24AsF2NO3. The summed E-state index contributed by atoms with van der Waals surface area (Å²) < 4.78 is 34.0. The number of alkyl halides is 2. The molecule has 0 aliphatic rings. The van der Waals surface area contributed by atoms with E-state index < -0.39 is 27.2 Å². The van der Waals surface area contributed by atoms with Crippen LogP contribution in [0.1, 0.15) is 34.0 Å². The first-order valence-electron chi connectivity index (χ1n) is 8.86. The maximum atomic E-state index is 12.4. The number of hydrogen-bond acceptors (Lipinski definition) is 4. The molecule has 0 amide bonds. The van der Waals surface area contributed by atoms with Crippen LogP contribution in [0.4, 0.5) is 14.5 Å². The van der Waals surface area contributed by atoms with Crippen molar-refractivity contribution in [2.24, 2.45) is 4.99 Å². The molecule has 1 atom stereocenters. The quantitative estimate of drug-likeness (QED) is 0.296. The number of carbonyl (C=O) groups excluding carboxylic acids is 1. The second-order valence-electron chi connectivity index (χ2n) is 6.37. The van der Waals surface area contributed by atoms with E-state index in [4.69, 9.17) is 4.74 Å². The van der Waals surface area contributed by atoms with Crippen LogP contribution in [0, 0.1) is 13.8 Å². The molecule has 2 aromatic carbocycles. The summed E-state index contributed by atoms with van der Waals surface area (Å²) in [6, 6.07) is 9.69. The van der Waals surface area contributed by atoms with Crippen LogP contribution in [0.2, 0.25) is 10.9 Å². The predicted octanol–water partition coefficient (Wildman–Crippen LogP) is 5.65. The number of benzene rings is 2. The minimum atomic E-state index is -2.87. The van der Waals surface area contributed by atoms with E-state index in [0.29, 0.717) is 11.1 Å². The molecular weight excluding hydrogens is 427 g/mol. The number of ether oxygens (including phenoxy) is 2. The van der Waals surface area contributed by atoms with Gasteiger partial charge in [0.2, 0.25) is 0 Å². The van der Waals surface area contributed by atoms with Crippen molar-refractivity contribution in [3.63, 3.8) is 0 Å². The van der Waals surface area contributed by atoms with E-state index in [-0.39, 0.29) is 12.4 Å². The normalized spacial score (nSPS) is 12.4. The first-order valence-corrected chi connectivity index (χ1v) is 13.2. The van der Waals surface area contributed by atoms with Gasteiger partial charge in [-0.15, -0.1) is 0 Å². The summed E-state index contributed by atoms with van der Waals surface area (Å²) in [5, 5.41) is 3.22. The van der Waals surface area contributed by atoms with Crippen molar-refractivity contribution in [3.05, 3.63) is 58.7 Å². The number of hydrogen-bond donors (Lipinski definition) is 0. The van der Waals surface area contributed by atoms with Crippen LogP contribution in [0.5, 0.6) is 5.75 Å². The van der Waals surface area contributed by atoms with Gasteiger partial charge < -0.3 is 4.74 Å². The summed E-state index contributed by atoms with van der Waals surface area (Å²) in [6.45, 7) is 3.13. The van der Waals surface area contributed by atoms with E-state index in [0.717, 1.165) is 22.0 Å². The molecule has 0 fully saturated rings. The molecule has 150 valence electrons. The fraction of sp³-hybridized carbons (Fsp3) is 0.333. The molecule has 2 aromatic rings. The third-order valence-electron chi connectivity index (χ3n) is 4.17. The van der Waals surface area contributed by atoms with Crippen LogP contribution in [-0.4, -0.2) is 32.2 Å². The summed E-state index contributed by atoms with van der Waals surface area (Å²) in [6.07, 6.45) is 0. The number of halogens is 2. The van der Waals surface area contributed by atoms with E-state index in [9.17, 15) is 13.6 Å². The van der Waals surface area contributed by atoms with E-state index in [2.05, 4.69) is 27.4 Å². The van der Waals surface area contributed by atoms with Crippen molar-refractivity contribution in [3.8, 4) is 5.75 Å². The summed E-state index contributed by atoms with van der Waals surface area (Å²) in [5.41, 5.74) is 6.02. The van der Waals surface area contributed by atoms with Gasteiger partial charge in [-0.25, -0.2) is 0 Å². The molecule has 28 heavy (non-hydrogen) atoms. The second kappa shape index (κ2) is 10.4. The molecule has 0 aliphatic heterocycles. The predicted molar refractivity (Wildman–Crippen MR) is 108 cm³/mol. The molecule has 0 N–H and O–H groups in total. The zero-order chi connectivity index (χ0) is 20.7. The number of carbonyl (C=O) groups is 1. The molecule has 4 nitrogen and oxygen atoms in total. The summed E-state index contributed by atoms with van der Waals surface area (Å²) >= 11 is -0.976. The number of rotatable bonds is 8. The van der Waals surface area contributed by atoms with Gasteiger partial charge in [0.25, 0.3) is 0 Å². The Morgan fingerprint density at radius 3 is 2.46 bits per heavy atom. The van der Waals surface area contributed by atoms with Crippen molar-refractivity contribution < 1.29 is 23.0 Å². The maximum absolute atomic E-state index is 12.4. The average Bonchev–Trinajstić information content (AvgIpc) is 2.66. The topological polar surface area (TPSA) is 47.9 Å². The van der Waals surface area contributed by atoms with E-state index >= 15 is 0 Å². The number of aliphatic imine (C=N–C) groups is 1. The van der Waals surface area contributed by atoms with Crippen LogP contribution in [-0.2, 0) is 11.3 Å². The minimum absolute atomic E-state index is 0.0477. The monoisotopic (exact) mass is 451 g/mol. The van der Waals surface area contributed by atoms with Crippen LogP contribution >= 0.6 is 0 Å². The summed E-state index contributed by atoms with van der Waals surface area (Å²) in [4.78, 5) is 17.0. The Kier molecular flexibility index (Phi) is 8.18. The molecule has 0 radical (unpaired) electrons. The van der Waals surface area contributed by atoms with Crippen molar-refractivity contribution in [2.75, 3.05) is 0 Å². The van der Waals surface area contributed by atoms with E-state index in [1.165, 1.54) is 12.1 Å². The Morgan fingerprint density at radius 2 is 1.86 bits per heavy atom. The van der Waals surface area contributed by atoms with Gasteiger partial charge in [0.1, 0.15) is 5.75 Å². The fourth-order valence-corrected chi connectivity index (χ4v) is 3.41. The Morgan fingerprint density at radius 1 is 1.18 bits per heavy atom. The second-order valence-corrected chi connectivity index (χ2v) is 11.4. The van der Waals surface area contributed by atoms with Gasteiger partial charge in [-0.1, -0.05) is 0 Å². The van der Waals surface area contributed by atoms with Crippen LogP contribution in [0.3, 0.4) is 0 Å². The molecule has 7 heteroatoms. The van der Waals surface area contributed by atoms with Gasteiger partial charge >= 0.3 is 149 Å². The Labute approximate surface area is 168 Å². The third-order valence-corrected chi connectivity index (χ3v) is 7.34. The Bertz CT molecular complexity index is 838. The van der Waals surface area contributed by atoms with Crippen molar-refractivity contribution in [1.29, 1.82) is 0 Å². The Balaban J connectivity index is 2.04. The van der Waals surface area contributed by atoms with E-state index in [1.54, 1.807) is 18.2 Å². The zero-order valence-corrected chi connectivity index (χ0v) is 18.3. The fourth-order valence-electron chi connectivity index (χ4n) is 2.40. The Hall–Kier alpha value is -2.20. The van der Waals surface area contributed by atoms with Gasteiger partial charge in [0.15, 0.2) is 0 Å². The van der Waals surface area contributed by atoms with Gasteiger partial charge in [-0.2, -0.15) is 8.78 Å². The molecule has 0 spiro atoms. The SMILES string of the molecule is CC[As](C)C=Nc1cc(C)c(C(=O)OCc2ccc(OC(F)F)cc2)cc1C. The van der Waals surface area contributed by atoms with Crippen LogP contribution in [0.25, 0.3) is 0 Å². The molecule has 0 aliphatic carbocycles. The molecule has 2 rings (SSSR count). The molecule has 0 saturated carbocycles. The first-order chi connectivity index (χ1) is 13.3. The standard InChI is InChI=1S/C21H24AsF2NO3/c1-5-22(4)13-25-19-11-14(2)18(10-15(19)3)20(26)27-12-16-6-8-17(9-7-16)28-21(23)24/h6-11,13,21H,5,12H2,1-4H3. The van der Waals surface area contributed by atoms with Crippen molar-refractivity contribution in [2.45, 2.75) is 44.9 Å². The molecule has 0 heterocycles. The average molecular weight is 451 g/mol.